The van der Waals surface area contributed by atoms with Gasteiger partial charge in [0.25, 0.3) is 5.91 Å². The van der Waals surface area contributed by atoms with Gasteiger partial charge in [0.05, 0.1) is 5.41 Å². The third kappa shape index (κ3) is 3.76. The second kappa shape index (κ2) is 9.09. The van der Waals surface area contributed by atoms with Gasteiger partial charge in [0, 0.05) is 49.1 Å². The summed E-state index contributed by atoms with van der Waals surface area (Å²) in [6.07, 6.45) is 3.80. The molecule has 2 N–H and O–H groups in total. The van der Waals surface area contributed by atoms with Crippen molar-refractivity contribution < 1.29 is 19.1 Å². The highest BCUT2D eigenvalue weighted by molar-refractivity contribution is 6.17. The molecule has 2 spiro atoms. The highest BCUT2D eigenvalue weighted by atomic mass is 16.5. The molecular formula is C31H29N5O4. The fraction of sp³-hybridized carbons (Fsp3) is 0.323. The number of carbonyl (C=O) groups excluding carboxylic acids is 3. The molecule has 7 rings (SSSR count). The van der Waals surface area contributed by atoms with Gasteiger partial charge in [0.15, 0.2) is 0 Å². The number of rotatable bonds is 4. The van der Waals surface area contributed by atoms with E-state index in [0.717, 1.165) is 27.8 Å². The molecule has 3 aromatic rings. The van der Waals surface area contributed by atoms with Crippen molar-refractivity contribution >= 4 is 35.1 Å². The summed E-state index contributed by atoms with van der Waals surface area (Å²) in [7, 11) is 0. The Hall–Kier alpha value is -4.37. The number of pyridine rings is 1. The van der Waals surface area contributed by atoms with E-state index in [-0.39, 0.29) is 24.3 Å². The molecule has 1 unspecified atom stereocenters. The zero-order chi connectivity index (χ0) is 27.5. The van der Waals surface area contributed by atoms with Gasteiger partial charge in [-0.25, -0.2) is 4.98 Å². The van der Waals surface area contributed by atoms with Gasteiger partial charge in [-0.05, 0) is 54.7 Å². The minimum atomic E-state index is -0.884. The average Bonchev–Trinajstić information content (AvgIpc) is 3.56. The molecule has 0 saturated carbocycles. The first kappa shape index (κ1) is 24.7. The van der Waals surface area contributed by atoms with E-state index < -0.39 is 11.0 Å². The Morgan fingerprint density at radius 2 is 1.85 bits per heavy atom. The van der Waals surface area contributed by atoms with Crippen LogP contribution < -0.4 is 10.6 Å². The maximum Gasteiger partial charge on any atom is 0.256 e. The van der Waals surface area contributed by atoms with Crippen LogP contribution in [0.25, 0.3) is 0 Å². The van der Waals surface area contributed by atoms with Gasteiger partial charge in [-0.1, -0.05) is 36.4 Å². The van der Waals surface area contributed by atoms with Gasteiger partial charge in [0.2, 0.25) is 11.8 Å². The SMILES string of the molecule is Cc1ccccc1C1=NC2(CCOCC2)C(=O)N1CC(=O)Nc1ccc2c(c1)CC1(C2)C(=O)Nc2ncccc21. The lowest BCUT2D eigenvalue weighted by atomic mass is 9.79. The minimum Gasteiger partial charge on any atom is -0.381 e. The van der Waals surface area contributed by atoms with Crippen molar-refractivity contribution in [2.24, 2.45) is 4.99 Å². The number of hydrogen-bond acceptors (Lipinski definition) is 6. The molecule has 2 aromatic carbocycles. The Bertz CT molecular complexity index is 1610. The van der Waals surface area contributed by atoms with Crippen LogP contribution in [0.3, 0.4) is 0 Å². The number of ether oxygens (including phenoxy) is 1. The maximum absolute atomic E-state index is 13.7. The van der Waals surface area contributed by atoms with Crippen LogP contribution in [0.5, 0.6) is 0 Å². The number of amidine groups is 1. The molecule has 40 heavy (non-hydrogen) atoms. The first-order valence-corrected chi connectivity index (χ1v) is 13.6. The maximum atomic E-state index is 13.7. The number of fused-ring (bicyclic) bond motifs is 3. The van der Waals surface area contributed by atoms with E-state index in [0.29, 0.717) is 56.2 Å². The summed E-state index contributed by atoms with van der Waals surface area (Å²) in [4.78, 5) is 50.9. The molecule has 1 atom stereocenters. The lowest BCUT2D eigenvalue weighted by Gasteiger charge is -2.29. The summed E-state index contributed by atoms with van der Waals surface area (Å²) in [5.74, 6) is 0.660. The monoisotopic (exact) mass is 535 g/mol. The normalized spacial score (nSPS) is 22.3. The highest BCUT2D eigenvalue weighted by Gasteiger charge is 2.52. The minimum absolute atomic E-state index is 0.0411. The van der Waals surface area contributed by atoms with Crippen LogP contribution in [0, 0.1) is 6.92 Å². The van der Waals surface area contributed by atoms with Crippen LogP contribution in [0.15, 0.2) is 65.8 Å². The van der Waals surface area contributed by atoms with Crippen LogP contribution in [-0.2, 0) is 37.4 Å². The summed E-state index contributed by atoms with van der Waals surface area (Å²) in [5.41, 5.74) is 3.92. The molecule has 4 aliphatic rings. The largest absolute Gasteiger partial charge is 0.381 e. The zero-order valence-electron chi connectivity index (χ0n) is 22.2. The number of nitrogens with zero attached hydrogens (tertiary/aromatic N) is 3. The van der Waals surface area contributed by atoms with E-state index in [4.69, 9.17) is 9.73 Å². The second-order valence-electron chi connectivity index (χ2n) is 11.1. The smallest absolute Gasteiger partial charge is 0.256 e. The molecule has 1 saturated heterocycles. The van der Waals surface area contributed by atoms with Crippen LogP contribution >= 0.6 is 0 Å². The molecule has 0 bridgehead atoms. The third-order valence-corrected chi connectivity index (χ3v) is 8.69. The quantitative estimate of drug-likeness (QED) is 0.533. The third-order valence-electron chi connectivity index (χ3n) is 8.69. The molecule has 1 fully saturated rings. The summed E-state index contributed by atoms with van der Waals surface area (Å²) in [6, 6.07) is 17.4. The second-order valence-corrected chi connectivity index (χ2v) is 11.1. The lowest BCUT2D eigenvalue weighted by Crippen LogP contribution is -2.48. The number of aromatic nitrogens is 1. The Balaban J connectivity index is 1.12. The molecule has 9 heteroatoms. The fourth-order valence-electron chi connectivity index (χ4n) is 6.56. The van der Waals surface area contributed by atoms with E-state index in [1.54, 1.807) is 6.20 Å². The number of amides is 3. The van der Waals surface area contributed by atoms with E-state index in [1.165, 1.54) is 4.90 Å². The van der Waals surface area contributed by atoms with Crippen LogP contribution in [0.4, 0.5) is 11.5 Å². The van der Waals surface area contributed by atoms with Crippen LogP contribution in [-0.4, -0.2) is 58.7 Å². The Morgan fingerprint density at radius 1 is 1.05 bits per heavy atom. The zero-order valence-corrected chi connectivity index (χ0v) is 22.2. The molecule has 0 radical (unpaired) electrons. The number of aliphatic imine (C=N–C) groups is 1. The van der Waals surface area contributed by atoms with Crippen molar-refractivity contribution in [1.29, 1.82) is 0 Å². The molecule has 4 heterocycles. The number of carbonyl (C=O) groups is 3. The van der Waals surface area contributed by atoms with Gasteiger partial charge in [-0.2, -0.15) is 0 Å². The van der Waals surface area contributed by atoms with Crippen LogP contribution in [0.2, 0.25) is 0 Å². The molecule has 3 aliphatic heterocycles. The lowest BCUT2D eigenvalue weighted by molar-refractivity contribution is -0.136. The topological polar surface area (TPSA) is 113 Å². The first-order chi connectivity index (χ1) is 19.4. The molecule has 9 nitrogen and oxygen atoms in total. The van der Waals surface area contributed by atoms with Crippen molar-refractivity contribution in [3.8, 4) is 0 Å². The molecular weight excluding hydrogens is 506 g/mol. The number of anilines is 2. The Labute approximate surface area is 231 Å². The number of nitrogens with one attached hydrogen (secondary N) is 2. The summed E-state index contributed by atoms with van der Waals surface area (Å²) in [5, 5.41) is 5.91. The summed E-state index contributed by atoms with van der Waals surface area (Å²) >= 11 is 0. The van der Waals surface area contributed by atoms with Crippen molar-refractivity contribution in [1.82, 2.24) is 9.88 Å². The van der Waals surface area contributed by atoms with Gasteiger partial charge in [-0.3, -0.25) is 24.3 Å². The Kier molecular flexibility index (Phi) is 5.60. The molecule has 3 amide bonds. The van der Waals surface area contributed by atoms with Gasteiger partial charge in [0.1, 0.15) is 23.7 Å². The average molecular weight is 536 g/mol. The molecule has 1 aromatic heterocycles. The van der Waals surface area contributed by atoms with Crippen molar-refractivity contribution in [2.45, 2.75) is 43.6 Å². The molecule has 202 valence electrons. The van der Waals surface area contributed by atoms with Crippen LogP contribution in [0.1, 0.15) is 40.7 Å². The van der Waals surface area contributed by atoms with E-state index >= 15 is 0 Å². The van der Waals surface area contributed by atoms with Crippen molar-refractivity contribution in [3.63, 3.8) is 0 Å². The fourth-order valence-corrected chi connectivity index (χ4v) is 6.56. The predicted octanol–water partition coefficient (Wildman–Crippen LogP) is 3.16. The van der Waals surface area contributed by atoms with Gasteiger partial charge < -0.3 is 15.4 Å². The van der Waals surface area contributed by atoms with Gasteiger partial charge >= 0.3 is 0 Å². The Morgan fingerprint density at radius 3 is 2.67 bits per heavy atom. The number of benzene rings is 2. The van der Waals surface area contributed by atoms with E-state index in [9.17, 15) is 14.4 Å². The number of hydrogen-bond donors (Lipinski definition) is 2. The summed E-state index contributed by atoms with van der Waals surface area (Å²) < 4.78 is 5.51. The first-order valence-electron chi connectivity index (χ1n) is 13.6. The highest BCUT2D eigenvalue weighted by Crippen LogP contribution is 2.47. The molecule has 1 aliphatic carbocycles. The van der Waals surface area contributed by atoms with Crippen molar-refractivity contribution in [3.05, 3.63) is 88.6 Å². The number of aryl methyl sites for hydroxylation is 1. The summed E-state index contributed by atoms with van der Waals surface area (Å²) in [6.45, 7) is 2.76. The standard InChI is InChI=1S/C31H29N5O4/c1-19-5-2-3-6-23(19)27-35-31(10-13-40-14-11-31)29(39)36(27)18-25(37)33-22-9-8-20-16-30(17-21(20)15-22)24-7-4-12-32-26(24)34-28(30)38/h2-9,12,15H,10-11,13-14,16-18H2,1H3,(H,33,37)(H,32,34,38). The van der Waals surface area contributed by atoms with E-state index in [2.05, 4.69) is 15.6 Å². The van der Waals surface area contributed by atoms with Crippen molar-refractivity contribution in [2.75, 3.05) is 30.4 Å². The van der Waals surface area contributed by atoms with E-state index in [1.807, 2.05) is 61.5 Å². The van der Waals surface area contributed by atoms with Gasteiger partial charge in [-0.15, -0.1) is 0 Å². The predicted molar refractivity (Wildman–Crippen MR) is 149 cm³/mol.